The van der Waals surface area contributed by atoms with Crippen LogP contribution in [0.3, 0.4) is 0 Å². The molecule has 0 fully saturated rings. The average molecular weight is 294 g/mol. The summed E-state index contributed by atoms with van der Waals surface area (Å²) in [6, 6.07) is 4.95. The third-order valence-electron chi connectivity index (χ3n) is 3.63. The molecule has 20 heavy (non-hydrogen) atoms. The first-order chi connectivity index (χ1) is 9.38. The summed E-state index contributed by atoms with van der Waals surface area (Å²) < 4.78 is 1.71. The summed E-state index contributed by atoms with van der Waals surface area (Å²) >= 11 is 5.95. The second-order valence-corrected chi connectivity index (χ2v) is 5.33. The van der Waals surface area contributed by atoms with Crippen LogP contribution in [0, 0.1) is 6.92 Å². The lowest BCUT2D eigenvalue weighted by molar-refractivity contribution is 0.0681. The Morgan fingerprint density at radius 1 is 1.45 bits per heavy atom. The predicted octanol–water partition coefficient (Wildman–Crippen LogP) is 3.63. The lowest BCUT2D eigenvalue weighted by atomic mass is 10.1. The average Bonchev–Trinajstić information content (AvgIpc) is 2.41. The number of aromatic carboxylic acids is 1. The van der Waals surface area contributed by atoms with Crippen LogP contribution in [0.15, 0.2) is 23.0 Å². The molecule has 2 aromatic rings. The highest BCUT2D eigenvalue weighted by Gasteiger charge is 2.21. The number of pyridine rings is 1. The number of nitrogens with zero attached hydrogens (tertiary/aromatic N) is 1. The van der Waals surface area contributed by atoms with E-state index >= 15 is 0 Å². The minimum absolute atomic E-state index is 0.0240. The Labute approximate surface area is 121 Å². The maximum atomic E-state index is 12.3. The fourth-order valence-electron chi connectivity index (χ4n) is 2.41. The van der Waals surface area contributed by atoms with Crippen LogP contribution < -0.4 is 5.43 Å². The number of fused-ring (bicyclic) bond motifs is 1. The number of carboxylic acid groups (broad SMARTS) is 1. The molecule has 0 aliphatic heterocycles. The van der Waals surface area contributed by atoms with Gasteiger partial charge in [-0.3, -0.25) is 4.79 Å². The highest BCUT2D eigenvalue weighted by atomic mass is 35.5. The minimum Gasteiger partial charge on any atom is -0.477 e. The van der Waals surface area contributed by atoms with Gasteiger partial charge in [-0.05, 0) is 38.5 Å². The van der Waals surface area contributed by atoms with Gasteiger partial charge in [0.25, 0.3) is 0 Å². The van der Waals surface area contributed by atoms with Crippen molar-refractivity contribution in [3.63, 3.8) is 0 Å². The molecule has 1 aromatic carbocycles. The SMILES string of the molecule is CCC(C)n1c(C(=O)O)c(C)c(=O)c2cc(Cl)ccc21. The molecule has 0 spiro atoms. The van der Waals surface area contributed by atoms with Crippen molar-refractivity contribution in [1.29, 1.82) is 0 Å². The van der Waals surface area contributed by atoms with Gasteiger partial charge in [0.2, 0.25) is 0 Å². The van der Waals surface area contributed by atoms with Crippen molar-refractivity contribution in [2.75, 3.05) is 0 Å². The fraction of sp³-hybridized carbons (Fsp3) is 0.333. The van der Waals surface area contributed by atoms with Crippen LogP contribution in [0.25, 0.3) is 10.9 Å². The second-order valence-electron chi connectivity index (χ2n) is 4.90. The molecule has 106 valence electrons. The molecule has 1 atom stereocenters. The Hall–Kier alpha value is -1.81. The van der Waals surface area contributed by atoms with E-state index in [1.807, 2.05) is 13.8 Å². The van der Waals surface area contributed by atoms with E-state index in [9.17, 15) is 14.7 Å². The maximum Gasteiger partial charge on any atom is 0.352 e. The smallest absolute Gasteiger partial charge is 0.352 e. The Balaban J connectivity index is 3.05. The molecule has 0 bridgehead atoms. The first-order valence-corrected chi connectivity index (χ1v) is 6.83. The van der Waals surface area contributed by atoms with Crippen LogP contribution in [0.4, 0.5) is 0 Å². The van der Waals surface area contributed by atoms with Crippen LogP contribution in [0.2, 0.25) is 5.02 Å². The number of aromatic nitrogens is 1. The summed E-state index contributed by atoms with van der Waals surface area (Å²) in [5.41, 5.74) is 0.628. The predicted molar refractivity (Wildman–Crippen MR) is 79.9 cm³/mol. The normalized spacial score (nSPS) is 12.6. The van der Waals surface area contributed by atoms with Gasteiger partial charge in [0, 0.05) is 22.0 Å². The summed E-state index contributed by atoms with van der Waals surface area (Å²) in [5.74, 6) is -1.09. The van der Waals surface area contributed by atoms with E-state index in [-0.39, 0.29) is 22.7 Å². The van der Waals surface area contributed by atoms with Crippen LogP contribution >= 0.6 is 11.6 Å². The van der Waals surface area contributed by atoms with E-state index in [0.717, 1.165) is 6.42 Å². The first-order valence-electron chi connectivity index (χ1n) is 6.46. The van der Waals surface area contributed by atoms with Crippen molar-refractivity contribution < 1.29 is 9.90 Å². The molecule has 0 aliphatic rings. The van der Waals surface area contributed by atoms with E-state index in [2.05, 4.69) is 0 Å². The number of benzene rings is 1. The molecule has 1 unspecified atom stereocenters. The summed E-state index contributed by atoms with van der Waals surface area (Å²) in [4.78, 5) is 23.9. The van der Waals surface area contributed by atoms with Gasteiger partial charge in [-0.2, -0.15) is 0 Å². The molecule has 0 radical (unpaired) electrons. The van der Waals surface area contributed by atoms with Crippen LogP contribution in [-0.2, 0) is 0 Å². The Morgan fingerprint density at radius 2 is 2.10 bits per heavy atom. The van der Waals surface area contributed by atoms with Gasteiger partial charge in [0.05, 0.1) is 5.52 Å². The van der Waals surface area contributed by atoms with Crippen molar-refractivity contribution >= 4 is 28.5 Å². The standard InChI is InChI=1S/C15H16ClNO3/c1-4-8(2)17-12-6-5-10(16)7-11(12)14(18)9(3)13(17)15(19)20/h5-8H,4H2,1-3H3,(H,19,20). The van der Waals surface area contributed by atoms with E-state index in [1.165, 1.54) is 0 Å². The van der Waals surface area contributed by atoms with Crippen molar-refractivity contribution in [3.05, 3.63) is 44.7 Å². The Morgan fingerprint density at radius 3 is 2.65 bits per heavy atom. The summed E-state index contributed by atoms with van der Waals surface area (Å²) in [7, 11) is 0. The van der Waals surface area contributed by atoms with E-state index < -0.39 is 5.97 Å². The maximum absolute atomic E-state index is 12.3. The third-order valence-corrected chi connectivity index (χ3v) is 3.87. The zero-order chi connectivity index (χ0) is 15.0. The van der Waals surface area contributed by atoms with Crippen LogP contribution in [0.5, 0.6) is 0 Å². The Bertz CT molecular complexity index is 749. The quantitative estimate of drug-likeness (QED) is 0.940. The van der Waals surface area contributed by atoms with Gasteiger partial charge in [-0.1, -0.05) is 18.5 Å². The van der Waals surface area contributed by atoms with Crippen molar-refractivity contribution in [1.82, 2.24) is 4.57 Å². The summed E-state index contributed by atoms with van der Waals surface area (Å²) in [6.07, 6.45) is 0.764. The van der Waals surface area contributed by atoms with Crippen molar-refractivity contribution in [2.24, 2.45) is 0 Å². The highest BCUT2D eigenvalue weighted by molar-refractivity contribution is 6.31. The van der Waals surface area contributed by atoms with Crippen LogP contribution in [0.1, 0.15) is 42.4 Å². The topological polar surface area (TPSA) is 59.3 Å². The van der Waals surface area contributed by atoms with Crippen molar-refractivity contribution in [2.45, 2.75) is 33.2 Å². The summed E-state index contributed by atoms with van der Waals surface area (Å²) in [6.45, 7) is 5.46. The molecule has 4 nitrogen and oxygen atoms in total. The molecule has 1 heterocycles. The van der Waals surface area contributed by atoms with Crippen LogP contribution in [-0.4, -0.2) is 15.6 Å². The van der Waals surface area contributed by atoms with Gasteiger partial charge in [0.1, 0.15) is 5.69 Å². The number of rotatable bonds is 3. The first kappa shape index (κ1) is 14.6. The zero-order valence-electron chi connectivity index (χ0n) is 11.6. The lowest BCUT2D eigenvalue weighted by Crippen LogP contribution is -2.24. The largest absolute Gasteiger partial charge is 0.477 e. The molecule has 1 aromatic heterocycles. The third kappa shape index (κ3) is 2.20. The second kappa shape index (κ2) is 5.29. The van der Waals surface area contributed by atoms with Gasteiger partial charge in [0.15, 0.2) is 5.43 Å². The fourth-order valence-corrected chi connectivity index (χ4v) is 2.59. The molecule has 0 saturated heterocycles. The van der Waals surface area contributed by atoms with Gasteiger partial charge in [-0.15, -0.1) is 0 Å². The van der Waals surface area contributed by atoms with Gasteiger partial charge >= 0.3 is 5.97 Å². The number of carbonyl (C=O) groups is 1. The molecular weight excluding hydrogens is 278 g/mol. The summed E-state index contributed by atoms with van der Waals surface area (Å²) in [5, 5.41) is 10.4. The highest BCUT2D eigenvalue weighted by Crippen LogP contribution is 2.25. The zero-order valence-corrected chi connectivity index (χ0v) is 12.4. The lowest BCUT2D eigenvalue weighted by Gasteiger charge is -2.22. The number of hydrogen-bond donors (Lipinski definition) is 1. The Kier molecular flexibility index (Phi) is 3.86. The molecule has 5 heteroatoms. The molecule has 0 saturated carbocycles. The molecule has 0 amide bonds. The van der Waals surface area contributed by atoms with E-state index in [0.29, 0.717) is 15.9 Å². The monoisotopic (exact) mass is 293 g/mol. The number of halogens is 1. The van der Waals surface area contributed by atoms with Crippen molar-refractivity contribution in [3.8, 4) is 0 Å². The minimum atomic E-state index is -1.09. The molecular formula is C15H16ClNO3. The van der Waals surface area contributed by atoms with Gasteiger partial charge in [-0.25, -0.2) is 4.79 Å². The van der Waals surface area contributed by atoms with E-state index in [1.54, 1.807) is 29.7 Å². The molecule has 2 rings (SSSR count). The number of carboxylic acids is 1. The molecule has 1 N–H and O–H groups in total. The van der Waals surface area contributed by atoms with E-state index in [4.69, 9.17) is 11.6 Å². The molecule has 0 aliphatic carbocycles. The van der Waals surface area contributed by atoms with Gasteiger partial charge < -0.3 is 9.67 Å². The number of hydrogen-bond acceptors (Lipinski definition) is 2.